The van der Waals surface area contributed by atoms with E-state index in [9.17, 15) is 4.79 Å². The standard InChI is InChI=1S/C17H17ClO3/c1-11-7-8-16(12(2)9-11)20-10-14-15(18)5-4-6-17(14)21-13(3)19/h4-9H,10H2,1-3H3. The summed E-state index contributed by atoms with van der Waals surface area (Å²) < 4.78 is 11.0. The number of rotatable bonds is 4. The lowest BCUT2D eigenvalue weighted by atomic mass is 10.1. The second-order valence-electron chi connectivity index (χ2n) is 4.87. The first kappa shape index (κ1) is 15.4. The first-order valence-corrected chi connectivity index (χ1v) is 7.01. The third-order valence-electron chi connectivity index (χ3n) is 3.03. The van der Waals surface area contributed by atoms with Gasteiger partial charge in [-0.3, -0.25) is 4.79 Å². The van der Waals surface area contributed by atoms with E-state index in [4.69, 9.17) is 21.1 Å². The molecule has 0 saturated carbocycles. The number of esters is 1. The molecule has 0 heterocycles. The second-order valence-corrected chi connectivity index (χ2v) is 5.27. The maximum Gasteiger partial charge on any atom is 0.308 e. The van der Waals surface area contributed by atoms with Gasteiger partial charge in [-0.1, -0.05) is 35.4 Å². The van der Waals surface area contributed by atoms with Crippen LogP contribution in [0, 0.1) is 13.8 Å². The highest BCUT2D eigenvalue weighted by Gasteiger charge is 2.11. The lowest BCUT2D eigenvalue weighted by Gasteiger charge is -2.13. The van der Waals surface area contributed by atoms with Gasteiger partial charge in [-0.15, -0.1) is 0 Å². The number of carbonyl (C=O) groups is 1. The largest absolute Gasteiger partial charge is 0.488 e. The molecule has 0 fully saturated rings. The van der Waals surface area contributed by atoms with Gasteiger partial charge < -0.3 is 9.47 Å². The Balaban J connectivity index is 2.21. The molecule has 0 saturated heterocycles. The van der Waals surface area contributed by atoms with Gasteiger partial charge in [0.05, 0.1) is 10.6 Å². The van der Waals surface area contributed by atoms with Crippen LogP contribution in [0.3, 0.4) is 0 Å². The average Bonchev–Trinajstić information content (AvgIpc) is 2.39. The summed E-state index contributed by atoms with van der Waals surface area (Å²) in [4.78, 5) is 11.1. The number of carbonyl (C=O) groups excluding carboxylic acids is 1. The lowest BCUT2D eigenvalue weighted by Crippen LogP contribution is -2.06. The molecule has 2 aromatic rings. The molecule has 0 unspecified atom stereocenters. The number of aryl methyl sites for hydroxylation is 2. The fourth-order valence-electron chi connectivity index (χ4n) is 2.04. The van der Waals surface area contributed by atoms with E-state index in [0.717, 1.165) is 11.3 Å². The van der Waals surface area contributed by atoms with Crippen LogP contribution >= 0.6 is 11.6 Å². The SMILES string of the molecule is CC(=O)Oc1cccc(Cl)c1COc1ccc(C)cc1C. The molecule has 0 N–H and O–H groups in total. The van der Waals surface area contributed by atoms with E-state index < -0.39 is 0 Å². The van der Waals surface area contributed by atoms with E-state index in [-0.39, 0.29) is 12.6 Å². The Morgan fingerprint density at radius 2 is 1.90 bits per heavy atom. The Labute approximate surface area is 129 Å². The molecule has 2 aromatic carbocycles. The molecule has 0 aromatic heterocycles. The van der Waals surface area contributed by atoms with Crippen molar-refractivity contribution in [1.82, 2.24) is 0 Å². The zero-order valence-corrected chi connectivity index (χ0v) is 13.0. The van der Waals surface area contributed by atoms with Crippen molar-refractivity contribution in [2.75, 3.05) is 0 Å². The van der Waals surface area contributed by atoms with Crippen LogP contribution in [0.15, 0.2) is 36.4 Å². The van der Waals surface area contributed by atoms with Crippen molar-refractivity contribution >= 4 is 17.6 Å². The second kappa shape index (κ2) is 6.64. The summed E-state index contributed by atoms with van der Waals surface area (Å²) in [5, 5.41) is 0.513. The van der Waals surface area contributed by atoms with Crippen LogP contribution in [-0.4, -0.2) is 5.97 Å². The van der Waals surface area contributed by atoms with E-state index in [1.54, 1.807) is 18.2 Å². The number of halogens is 1. The third-order valence-corrected chi connectivity index (χ3v) is 3.39. The highest BCUT2D eigenvalue weighted by molar-refractivity contribution is 6.31. The summed E-state index contributed by atoms with van der Waals surface area (Å²) >= 11 is 6.17. The van der Waals surface area contributed by atoms with Crippen molar-refractivity contribution in [2.24, 2.45) is 0 Å². The topological polar surface area (TPSA) is 35.5 Å². The quantitative estimate of drug-likeness (QED) is 0.618. The molecule has 3 nitrogen and oxygen atoms in total. The molecule has 0 aliphatic heterocycles. The van der Waals surface area contributed by atoms with Gasteiger partial charge in [0.15, 0.2) is 0 Å². The van der Waals surface area contributed by atoms with Crippen LogP contribution in [-0.2, 0) is 11.4 Å². The van der Waals surface area contributed by atoms with Gasteiger partial charge >= 0.3 is 5.97 Å². The predicted molar refractivity (Wildman–Crippen MR) is 83.0 cm³/mol. The molecule has 0 atom stereocenters. The maximum absolute atomic E-state index is 11.1. The van der Waals surface area contributed by atoms with Crippen LogP contribution in [0.2, 0.25) is 5.02 Å². The molecule has 0 aliphatic carbocycles. The van der Waals surface area contributed by atoms with Gasteiger partial charge in [0.1, 0.15) is 18.1 Å². The van der Waals surface area contributed by atoms with Crippen LogP contribution in [0.4, 0.5) is 0 Å². The predicted octanol–water partition coefficient (Wildman–Crippen LogP) is 4.46. The molecular formula is C17H17ClO3. The highest BCUT2D eigenvalue weighted by Crippen LogP contribution is 2.29. The molecule has 21 heavy (non-hydrogen) atoms. The zero-order valence-electron chi connectivity index (χ0n) is 12.3. The van der Waals surface area contributed by atoms with E-state index in [0.29, 0.717) is 16.3 Å². The van der Waals surface area contributed by atoms with E-state index in [1.165, 1.54) is 12.5 Å². The van der Waals surface area contributed by atoms with Gasteiger partial charge in [-0.2, -0.15) is 0 Å². The molecule has 0 aliphatic rings. The average molecular weight is 305 g/mol. The van der Waals surface area contributed by atoms with Crippen molar-refractivity contribution in [3.05, 3.63) is 58.1 Å². The molecular weight excluding hydrogens is 288 g/mol. The summed E-state index contributed by atoms with van der Waals surface area (Å²) in [7, 11) is 0. The minimum atomic E-state index is -0.384. The number of hydrogen-bond donors (Lipinski definition) is 0. The molecule has 110 valence electrons. The van der Waals surface area contributed by atoms with E-state index in [1.807, 2.05) is 26.0 Å². The molecule has 0 amide bonds. The van der Waals surface area contributed by atoms with Crippen molar-refractivity contribution in [3.8, 4) is 11.5 Å². The fraction of sp³-hybridized carbons (Fsp3) is 0.235. The highest BCUT2D eigenvalue weighted by atomic mass is 35.5. The summed E-state index contributed by atoms with van der Waals surface area (Å²) in [5.74, 6) is 0.832. The molecule has 4 heteroatoms. The van der Waals surface area contributed by atoms with Gasteiger partial charge in [-0.25, -0.2) is 0 Å². The number of hydrogen-bond acceptors (Lipinski definition) is 3. The minimum absolute atomic E-state index is 0.242. The summed E-state index contributed by atoms with van der Waals surface area (Å²) in [6.45, 7) is 5.62. The Morgan fingerprint density at radius 1 is 1.14 bits per heavy atom. The summed E-state index contributed by atoms with van der Waals surface area (Å²) in [6.07, 6.45) is 0. The number of benzene rings is 2. The van der Waals surface area contributed by atoms with Gasteiger partial charge in [0, 0.05) is 6.92 Å². The Hall–Kier alpha value is -2.00. The first-order valence-electron chi connectivity index (χ1n) is 6.63. The van der Waals surface area contributed by atoms with Crippen molar-refractivity contribution in [1.29, 1.82) is 0 Å². The van der Waals surface area contributed by atoms with Crippen molar-refractivity contribution < 1.29 is 14.3 Å². The van der Waals surface area contributed by atoms with Gasteiger partial charge in [0.25, 0.3) is 0 Å². The molecule has 0 radical (unpaired) electrons. The van der Waals surface area contributed by atoms with Gasteiger partial charge in [-0.05, 0) is 37.6 Å². The normalized spacial score (nSPS) is 10.3. The Kier molecular flexibility index (Phi) is 4.86. The fourth-order valence-corrected chi connectivity index (χ4v) is 2.26. The maximum atomic E-state index is 11.1. The van der Waals surface area contributed by atoms with Crippen molar-refractivity contribution in [2.45, 2.75) is 27.4 Å². The monoisotopic (exact) mass is 304 g/mol. The van der Waals surface area contributed by atoms with E-state index >= 15 is 0 Å². The van der Waals surface area contributed by atoms with Crippen LogP contribution in [0.25, 0.3) is 0 Å². The third kappa shape index (κ3) is 3.99. The molecule has 2 rings (SSSR count). The Morgan fingerprint density at radius 3 is 2.57 bits per heavy atom. The van der Waals surface area contributed by atoms with Crippen LogP contribution < -0.4 is 9.47 Å². The molecule has 0 bridgehead atoms. The Bertz CT molecular complexity index is 665. The first-order chi connectivity index (χ1) is 9.97. The van der Waals surface area contributed by atoms with Gasteiger partial charge in [0.2, 0.25) is 0 Å². The van der Waals surface area contributed by atoms with Crippen LogP contribution in [0.1, 0.15) is 23.6 Å². The number of ether oxygens (including phenoxy) is 2. The smallest absolute Gasteiger partial charge is 0.308 e. The lowest BCUT2D eigenvalue weighted by molar-refractivity contribution is -0.131. The summed E-state index contributed by atoms with van der Waals surface area (Å²) in [6, 6.07) is 11.1. The summed E-state index contributed by atoms with van der Waals surface area (Å²) in [5.41, 5.74) is 2.89. The van der Waals surface area contributed by atoms with E-state index in [2.05, 4.69) is 6.07 Å². The molecule has 0 spiro atoms. The van der Waals surface area contributed by atoms with Crippen LogP contribution in [0.5, 0.6) is 11.5 Å². The van der Waals surface area contributed by atoms with Crippen molar-refractivity contribution in [3.63, 3.8) is 0 Å². The minimum Gasteiger partial charge on any atom is -0.488 e. The zero-order chi connectivity index (χ0) is 15.4.